The molecule has 1 fully saturated rings. The van der Waals surface area contributed by atoms with E-state index in [2.05, 4.69) is 15.5 Å². The number of rotatable bonds is 7. The van der Waals surface area contributed by atoms with Gasteiger partial charge >= 0.3 is 5.69 Å². The van der Waals surface area contributed by atoms with Crippen LogP contribution in [0.3, 0.4) is 0 Å². The molecular formula is C15H18N4O3S. The van der Waals surface area contributed by atoms with E-state index >= 15 is 0 Å². The number of amides is 1. The van der Waals surface area contributed by atoms with E-state index in [1.54, 1.807) is 11.7 Å². The average molecular weight is 334 g/mol. The Morgan fingerprint density at radius 3 is 2.83 bits per heavy atom. The molecule has 3 rings (SSSR count). The standard InChI is InChI=1S/C15H18N4O3S/c1-22-12-6-2-10(3-7-12)8-16-13(20)9-23-15-18-17-14(21)19(15)11-4-5-11/h2-3,6-7,11H,4-5,8-9H2,1H3,(H,16,20)(H,17,21). The predicted octanol–water partition coefficient (Wildman–Crippen LogP) is 1.32. The fourth-order valence-electron chi connectivity index (χ4n) is 2.17. The maximum Gasteiger partial charge on any atom is 0.344 e. The number of aromatic amines is 1. The van der Waals surface area contributed by atoms with Gasteiger partial charge in [0.1, 0.15) is 5.75 Å². The van der Waals surface area contributed by atoms with Crippen molar-refractivity contribution in [1.29, 1.82) is 0 Å². The van der Waals surface area contributed by atoms with Crippen LogP contribution in [0.25, 0.3) is 0 Å². The van der Waals surface area contributed by atoms with Gasteiger partial charge in [0.05, 0.1) is 12.9 Å². The second-order valence-electron chi connectivity index (χ2n) is 5.33. The maximum atomic E-state index is 11.9. The molecule has 0 atom stereocenters. The van der Waals surface area contributed by atoms with E-state index < -0.39 is 0 Å². The zero-order valence-electron chi connectivity index (χ0n) is 12.7. The van der Waals surface area contributed by atoms with Crippen LogP contribution in [0.1, 0.15) is 24.4 Å². The Bertz CT molecular complexity index is 734. The number of nitrogens with one attached hydrogen (secondary N) is 2. The largest absolute Gasteiger partial charge is 0.497 e. The van der Waals surface area contributed by atoms with Crippen molar-refractivity contribution in [1.82, 2.24) is 20.1 Å². The summed E-state index contributed by atoms with van der Waals surface area (Å²) in [7, 11) is 1.62. The van der Waals surface area contributed by atoms with Crippen LogP contribution in [0.4, 0.5) is 0 Å². The SMILES string of the molecule is COc1ccc(CNC(=O)CSc2n[nH]c(=O)n2C2CC2)cc1. The lowest BCUT2D eigenvalue weighted by Crippen LogP contribution is -2.25. The predicted molar refractivity (Wildman–Crippen MR) is 86.7 cm³/mol. The molecular weight excluding hydrogens is 316 g/mol. The topological polar surface area (TPSA) is 89.0 Å². The first-order chi connectivity index (χ1) is 11.2. The number of hydrogen-bond donors (Lipinski definition) is 2. The number of H-pyrrole nitrogens is 1. The van der Waals surface area contributed by atoms with Crippen LogP contribution in [0.5, 0.6) is 5.75 Å². The van der Waals surface area contributed by atoms with Gasteiger partial charge in [-0.15, -0.1) is 5.10 Å². The second-order valence-corrected chi connectivity index (χ2v) is 6.27. The van der Waals surface area contributed by atoms with E-state index in [0.29, 0.717) is 11.7 Å². The minimum Gasteiger partial charge on any atom is -0.497 e. The normalized spacial score (nSPS) is 13.8. The molecule has 1 amide bonds. The summed E-state index contributed by atoms with van der Waals surface area (Å²) in [5, 5.41) is 9.86. The molecule has 1 aliphatic carbocycles. The summed E-state index contributed by atoms with van der Waals surface area (Å²) in [6.07, 6.45) is 1.99. The first kappa shape index (κ1) is 15.7. The molecule has 1 heterocycles. The van der Waals surface area contributed by atoms with Gasteiger partial charge in [-0.05, 0) is 30.5 Å². The number of thioether (sulfide) groups is 1. The fourth-order valence-corrected chi connectivity index (χ4v) is 3.02. The molecule has 0 aliphatic heterocycles. The molecule has 1 aromatic heterocycles. The smallest absolute Gasteiger partial charge is 0.344 e. The van der Waals surface area contributed by atoms with Gasteiger partial charge < -0.3 is 10.1 Å². The zero-order valence-corrected chi connectivity index (χ0v) is 13.6. The Hall–Kier alpha value is -2.22. The Kier molecular flexibility index (Phi) is 4.71. The van der Waals surface area contributed by atoms with Gasteiger partial charge in [0.25, 0.3) is 0 Å². The van der Waals surface area contributed by atoms with Gasteiger partial charge in [-0.25, -0.2) is 9.89 Å². The number of hydrogen-bond acceptors (Lipinski definition) is 5. The molecule has 7 nitrogen and oxygen atoms in total. The van der Waals surface area contributed by atoms with E-state index in [0.717, 1.165) is 24.2 Å². The minimum atomic E-state index is -0.200. The number of carbonyl (C=O) groups is 1. The third kappa shape index (κ3) is 3.95. The summed E-state index contributed by atoms with van der Waals surface area (Å²) < 4.78 is 6.73. The van der Waals surface area contributed by atoms with Crippen LogP contribution in [-0.2, 0) is 11.3 Å². The van der Waals surface area contributed by atoms with Crippen molar-refractivity contribution in [2.45, 2.75) is 30.6 Å². The molecule has 1 aliphatic rings. The van der Waals surface area contributed by atoms with Crippen LogP contribution in [0.2, 0.25) is 0 Å². The number of methoxy groups -OCH3 is 1. The Morgan fingerprint density at radius 2 is 2.17 bits per heavy atom. The lowest BCUT2D eigenvalue weighted by Gasteiger charge is -2.06. The summed E-state index contributed by atoms with van der Waals surface area (Å²) in [5.41, 5.74) is 0.799. The van der Waals surface area contributed by atoms with Crippen molar-refractivity contribution in [3.8, 4) is 5.75 Å². The van der Waals surface area contributed by atoms with E-state index in [9.17, 15) is 9.59 Å². The number of ether oxygens (including phenoxy) is 1. The highest BCUT2D eigenvalue weighted by molar-refractivity contribution is 7.99. The molecule has 2 N–H and O–H groups in total. The number of nitrogens with zero attached hydrogens (tertiary/aromatic N) is 2. The van der Waals surface area contributed by atoms with Crippen molar-refractivity contribution in [3.05, 3.63) is 40.3 Å². The summed E-state index contributed by atoms with van der Waals surface area (Å²) in [6, 6.07) is 7.77. The molecule has 2 aromatic rings. The molecule has 23 heavy (non-hydrogen) atoms. The molecule has 1 saturated carbocycles. The van der Waals surface area contributed by atoms with Crippen molar-refractivity contribution in [2.24, 2.45) is 0 Å². The molecule has 0 saturated heterocycles. The Labute approximate surface area is 137 Å². The van der Waals surface area contributed by atoms with Crippen molar-refractivity contribution < 1.29 is 9.53 Å². The van der Waals surface area contributed by atoms with Crippen molar-refractivity contribution in [2.75, 3.05) is 12.9 Å². The molecule has 8 heteroatoms. The fraction of sp³-hybridized carbons (Fsp3) is 0.400. The zero-order chi connectivity index (χ0) is 16.2. The lowest BCUT2D eigenvalue weighted by atomic mass is 10.2. The summed E-state index contributed by atoms with van der Waals surface area (Å²) in [4.78, 5) is 23.6. The van der Waals surface area contributed by atoms with Crippen molar-refractivity contribution >= 4 is 17.7 Å². The molecule has 0 spiro atoms. The molecule has 0 radical (unpaired) electrons. The van der Waals surface area contributed by atoms with Gasteiger partial charge in [0.2, 0.25) is 5.91 Å². The van der Waals surface area contributed by atoms with Gasteiger partial charge in [-0.3, -0.25) is 9.36 Å². The van der Waals surface area contributed by atoms with Crippen LogP contribution >= 0.6 is 11.8 Å². The quantitative estimate of drug-likeness (QED) is 0.746. The van der Waals surface area contributed by atoms with Gasteiger partial charge in [0, 0.05) is 12.6 Å². The van der Waals surface area contributed by atoms with Gasteiger partial charge in [-0.1, -0.05) is 23.9 Å². The maximum absolute atomic E-state index is 11.9. The number of benzene rings is 1. The highest BCUT2D eigenvalue weighted by Gasteiger charge is 2.28. The monoisotopic (exact) mass is 334 g/mol. The van der Waals surface area contributed by atoms with E-state index in [4.69, 9.17) is 4.74 Å². The lowest BCUT2D eigenvalue weighted by molar-refractivity contribution is -0.118. The van der Waals surface area contributed by atoms with Crippen LogP contribution in [-0.4, -0.2) is 33.5 Å². The third-order valence-corrected chi connectivity index (χ3v) is 4.52. The highest BCUT2D eigenvalue weighted by Crippen LogP contribution is 2.35. The Morgan fingerprint density at radius 1 is 1.43 bits per heavy atom. The summed E-state index contributed by atoms with van der Waals surface area (Å²) in [5.74, 6) is 0.920. The highest BCUT2D eigenvalue weighted by atomic mass is 32.2. The van der Waals surface area contributed by atoms with E-state index in [1.807, 2.05) is 24.3 Å². The molecule has 0 unspecified atom stereocenters. The first-order valence-corrected chi connectivity index (χ1v) is 8.35. The second kappa shape index (κ2) is 6.91. The van der Waals surface area contributed by atoms with Crippen molar-refractivity contribution in [3.63, 3.8) is 0 Å². The third-order valence-electron chi connectivity index (χ3n) is 3.57. The molecule has 1 aromatic carbocycles. The van der Waals surface area contributed by atoms with Gasteiger partial charge in [0.15, 0.2) is 5.16 Å². The minimum absolute atomic E-state index is 0.0939. The summed E-state index contributed by atoms with van der Waals surface area (Å²) >= 11 is 1.27. The average Bonchev–Trinajstić information content (AvgIpc) is 3.34. The number of carbonyl (C=O) groups excluding carboxylic acids is 1. The van der Waals surface area contributed by atoms with E-state index in [1.165, 1.54) is 11.8 Å². The summed E-state index contributed by atoms with van der Waals surface area (Å²) in [6.45, 7) is 0.458. The van der Waals surface area contributed by atoms with E-state index in [-0.39, 0.29) is 23.4 Å². The first-order valence-electron chi connectivity index (χ1n) is 7.36. The van der Waals surface area contributed by atoms with Crippen LogP contribution in [0, 0.1) is 0 Å². The van der Waals surface area contributed by atoms with Crippen LogP contribution in [0.15, 0.2) is 34.2 Å². The molecule has 0 bridgehead atoms. The van der Waals surface area contributed by atoms with Crippen LogP contribution < -0.4 is 15.7 Å². The van der Waals surface area contributed by atoms with Gasteiger partial charge in [-0.2, -0.15) is 0 Å². The molecule has 122 valence electrons. The Balaban J connectivity index is 1.49. The number of aromatic nitrogens is 3.